The zero-order chi connectivity index (χ0) is 23.7. The second-order valence-electron chi connectivity index (χ2n) is 7.20. The third kappa shape index (κ3) is 4.26. The molecule has 0 saturated heterocycles. The summed E-state index contributed by atoms with van der Waals surface area (Å²) in [5.41, 5.74) is 0.897. The molecule has 10 heteroatoms. The SMILES string of the molecule is N=C1/C(=C/c2ccc(-c3ccc(C(=O)O)cc3)o2)C(=O)N=C2SC(COc3ccccc3)=NN12. The molecule has 3 heterocycles. The Morgan fingerprint density at radius 3 is 2.62 bits per heavy atom. The first kappa shape index (κ1) is 21.4. The van der Waals surface area contributed by atoms with Crippen LogP contribution in [0.3, 0.4) is 0 Å². The van der Waals surface area contributed by atoms with E-state index in [4.69, 9.17) is 19.7 Å². The molecule has 0 aliphatic carbocycles. The van der Waals surface area contributed by atoms with E-state index in [-0.39, 0.29) is 23.6 Å². The number of carboxylic acids is 1. The zero-order valence-electron chi connectivity index (χ0n) is 17.5. The fourth-order valence-corrected chi connectivity index (χ4v) is 4.05. The van der Waals surface area contributed by atoms with Crippen LogP contribution in [0.5, 0.6) is 5.75 Å². The number of fused-ring (bicyclic) bond motifs is 1. The van der Waals surface area contributed by atoms with Crippen molar-refractivity contribution in [1.29, 1.82) is 5.41 Å². The molecule has 2 aliphatic heterocycles. The monoisotopic (exact) mass is 472 g/mol. The van der Waals surface area contributed by atoms with Gasteiger partial charge in [-0.25, -0.2) is 4.79 Å². The number of para-hydroxylation sites is 1. The molecular weight excluding hydrogens is 456 g/mol. The number of ether oxygens (including phenoxy) is 1. The fourth-order valence-electron chi connectivity index (χ4n) is 3.26. The average Bonchev–Trinajstić information content (AvgIpc) is 3.48. The predicted molar refractivity (Wildman–Crippen MR) is 128 cm³/mol. The molecular formula is C24H16N4O5S. The summed E-state index contributed by atoms with van der Waals surface area (Å²) in [6.45, 7) is 0.187. The maximum Gasteiger partial charge on any atom is 0.335 e. The number of nitrogens with one attached hydrogen (secondary N) is 1. The van der Waals surface area contributed by atoms with Gasteiger partial charge in [0.2, 0.25) is 5.17 Å². The van der Waals surface area contributed by atoms with Crippen molar-refractivity contribution in [3.05, 3.63) is 83.6 Å². The van der Waals surface area contributed by atoms with Crippen molar-refractivity contribution >= 4 is 45.8 Å². The molecule has 0 atom stereocenters. The molecule has 34 heavy (non-hydrogen) atoms. The summed E-state index contributed by atoms with van der Waals surface area (Å²) in [6.07, 6.45) is 1.44. The third-order valence-electron chi connectivity index (χ3n) is 4.93. The number of aromatic carboxylic acids is 1. The number of aliphatic imine (C=N–C) groups is 1. The standard InChI is InChI=1S/C24H16N4O5S/c25-21-18(12-17-10-11-19(33-17)14-6-8-15(9-7-14)23(30)31)22(29)26-24-28(21)27-20(34-24)13-32-16-4-2-1-3-5-16/h1-12,25H,13H2,(H,30,31)/b18-12-,25-21?. The van der Waals surface area contributed by atoms with E-state index < -0.39 is 11.9 Å². The molecule has 0 radical (unpaired) electrons. The van der Waals surface area contributed by atoms with E-state index in [2.05, 4.69) is 10.1 Å². The van der Waals surface area contributed by atoms with Crippen molar-refractivity contribution in [2.45, 2.75) is 0 Å². The fraction of sp³-hybridized carbons (Fsp3) is 0.0417. The lowest BCUT2D eigenvalue weighted by molar-refractivity contribution is -0.114. The van der Waals surface area contributed by atoms with Crippen molar-refractivity contribution in [1.82, 2.24) is 5.01 Å². The normalized spacial score (nSPS) is 16.4. The van der Waals surface area contributed by atoms with Crippen molar-refractivity contribution in [3.8, 4) is 17.1 Å². The maximum atomic E-state index is 12.6. The summed E-state index contributed by atoms with van der Waals surface area (Å²) in [6, 6.07) is 18.9. The number of carbonyl (C=O) groups is 2. The van der Waals surface area contributed by atoms with Gasteiger partial charge in [0.15, 0.2) is 5.84 Å². The van der Waals surface area contributed by atoms with Gasteiger partial charge in [-0.1, -0.05) is 30.3 Å². The average molecular weight is 472 g/mol. The number of rotatable bonds is 6. The van der Waals surface area contributed by atoms with Crippen LogP contribution >= 0.6 is 11.8 Å². The molecule has 0 saturated carbocycles. The summed E-state index contributed by atoms with van der Waals surface area (Å²) in [7, 11) is 0. The lowest BCUT2D eigenvalue weighted by Gasteiger charge is -2.19. The lowest BCUT2D eigenvalue weighted by atomic mass is 10.1. The van der Waals surface area contributed by atoms with E-state index in [1.165, 1.54) is 35.0 Å². The Balaban J connectivity index is 1.33. The van der Waals surface area contributed by atoms with Crippen molar-refractivity contribution < 1.29 is 23.8 Å². The van der Waals surface area contributed by atoms with E-state index in [9.17, 15) is 9.59 Å². The molecule has 9 nitrogen and oxygen atoms in total. The van der Waals surface area contributed by atoms with Crippen LogP contribution in [0.2, 0.25) is 0 Å². The minimum atomic E-state index is -1.01. The molecule has 1 amide bonds. The number of carboxylic acid groups (broad SMARTS) is 1. The van der Waals surface area contributed by atoms with Gasteiger partial charge in [-0.15, -0.1) is 0 Å². The number of hydrogen-bond acceptors (Lipinski definition) is 7. The Kier molecular flexibility index (Phi) is 5.56. The first-order valence-electron chi connectivity index (χ1n) is 10.1. The van der Waals surface area contributed by atoms with Crippen LogP contribution in [0.4, 0.5) is 0 Å². The molecule has 0 unspecified atom stereocenters. The van der Waals surface area contributed by atoms with Gasteiger partial charge in [-0.05, 0) is 54.2 Å². The first-order chi connectivity index (χ1) is 16.5. The second kappa shape index (κ2) is 8.83. The third-order valence-corrected chi connectivity index (χ3v) is 5.81. The van der Waals surface area contributed by atoms with Crippen molar-refractivity contribution in [2.24, 2.45) is 10.1 Å². The number of furan rings is 1. The summed E-state index contributed by atoms with van der Waals surface area (Å²) < 4.78 is 11.5. The number of thioether (sulfide) groups is 1. The highest BCUT2D eigenvalue weighted by Crippen LogP contribution is 2.30. The second-order valence-corrected chi connectivity index (χ2v) is 8.24. The highest BCUT2D eigenvalue weighted by Gasteiger charge is 2.36. The topological polar surface area (TPSA) is 129 Å². The largest absolute Gasteiger partial charge is 0.487 e. The summed E-state index contributed by atoms with van der Waals surface area (Å²) >= 11 is 1.18. The van der Waals surface area contributed by atoms with Crippen LogP contribution in [-0.2, 0) is 4.79 Å². The molecule has 0 spiro atoms. The highest BCUT2D eigenvalue weighted by atomic mass is 32.2. The molecule has 0 fully saturated rings. The number of hydrogen-bond donors (Lipinski definition) is 2. The molecule has 1 aromatic heterocycles. The molecule has 5 rings (SSSR count). The molecule has 0 bridgehead atoms. The van der Waals surface area contributed by atoms with Crippen molar-refractivity contribution in [3.63, 3.8) is 0 Å². The number of carbonyl (C=O) groups excluding carboxylic acids is 1. The van der Waals surface area contributed by atoms with Crippen LogP contribution in [0, 0.1) is 5.41 Å². The Bertz CT molecular complexity index is 1390. The van der Waals surface area contributed by atoms with Crippen LogP contribution in [0.25, 0.3) is 17.4 Å². The number of amides is 1. The van der Waals surface area contributed by atoms with E-state index in [0.29, 0.717) is 33.0 Å². The molecule has 2 aliphatic rings. The van der Waals surface area contributed by atoms with Crippen LogP contribution in [0.1, 0.15) is 16.1 Å². The number of hydrazone groups is 1. The Labute approximate surface area is 197 Å². The van der Waals surface area contributed by atoms with E-state index in [1.54, 1.807) is 24.3 Å². The van der Waals surface area contributed by atoms with E-state index in [0.717, 1.165) is 0 Å². The smallest absolute Gasteiger partial charge is 0.335 e. The predicted octanol–water partition coefficient (Wildman–Crippen LogP) is 4.34. The van der Waals surface area contributed by atoms with Gasteiger partial charge in [0.25, 0.3) is 5.91 Å². The Hall–Kier alpha value is -4.44. The molecule has 3 aromatic rings. The summed E-state index contributed by atoms with van der Waals surface area (Å²) in [4.78, 5) is 27.7. The van der Waals surface area contributed by atoms with Gasteiger partial charge in [-0.2, -0.15) is 15.1 Å². The Morgan fingerprint density at radius 1 is 1.12 bits per heavy atom. The van der Waals surface area contributed by atoms with Gasteiger partial charge in [-0.3, -0.25) is 10.2 Å². The minimum absolute atomic E-state index is 0.0421. The number of nitrogens with zero attached hydrogens (tertiary/aromatic N) is 3. The van der Waals surface area contributed by atoms with E-state index in [1.807, 2.05) is 30.3 Å². The van der Waals surface area contributed by atoms with Gasteiger partial charge < -0.3 is 14.3 Å². The first-order valence-corrected chi connectivity index (χ1v) is 10.9. The number of benzene rings is 2. The Morgan fingerprint density at radius 2 is 1.88 bits per heavy atom. The summed E-state index contributed by atoms with van der Waals surface area (Å²) in [5.74, 6) is -0.141. The lowest BCUT2D eigenvalue weighted by Crippen LogP contribution is -2.35. The van der Waals surface area contributed by atoms with Gasteiger partial charge in [0.05, 0.1) is 11.1 Å². The zero-order valence-corrected chi connectivity index (χ0v) is 18.3. The van der Waals surface area contributed by atoms with Crippen LogP contribution < -0.4 is 4.74 Å². The van der Waals surface area contributed by atoms with Crippen molar-refractivity contribution in [2.75, 3.05) is 6.61 Å². The van der Waals surface area contributed by atoms with Gasteiger partial charge in [0.1, 0.15) is 28.9 Å². The summed E-state index contributed by atoms with van der Waals surface area (Å²) in [5, 5.41) is 24.1. The molecule has 2 aromatic carbocycles. The van der Waals surface area contributed by atoms with E-state index >= 15 is 0 Å². The van der Waals surface area contributed by atoms with Crippen LogP contribution in [0.15, 0.2) is 86.8 Å². The maximum absolute atomic E-state index is 12.6. The number of amidine groups is 2. The molecule has 168 valence electrons. The highest BCUT2D eigenvalue weighted by molar-refractivity contribution is 8.27. The minimum Gasteiger partial charge on any atom is -0.487 e. The van der Waals surface area contributed by atoms with Gasteiger partial charge >= 0.3 is 5.97 Å². The molecule has 2 N–H and O–H groups in total. The quantitative estimate of drug-likeness (QED) is 0.511. The van der Waals surface area contributed by atoms with Crippen LogP contribution in [-0.4, -0.2) is 44.6 Å². The van der Waals surface area contributed by atoms with Gasteiger partial charge in [0, 0.05) is 5.56 Å².